The van der Waals surface area contributed by atoms with Crippen molar-refractivity contribution in [2.24, 2.45) is 23.7 Å². The van der Waals surface area contributed by atoms with Crippen LogP contribution in [0.5, 0.6) is 5.75 Å². The van der Waals surface area contributed by atoms with Crippen molar-refractivity contribution in [1.82, 2.24) is 0 Å². The van der Waals surface area contributed by atoms with Gasteiger partial charge in [-0.05, 0) is 85.8 Å². The predicted octanol–water partition coefficient (Wildman–Crippen LogP) is 8.32. The number of benzene rings is 1. The lowest BCUT2D eigenvalue weighted by atomic mass is 9.68. The van der Waals surface area contributed by atoms with Gasteiger partial charge in [0.25, 0.3) is 0 Å². The molecule has 1 unspecified atom stereocenters. The zero-order chi connectivity index (χ0) is 22.9. The van der Waals surface area contributed by atoms with Crippen molar-refractivity contribution in [3.63, 3.8) is 0 Å². The molecule has 180 valence electrons. The zero-order valence-electron chi connectivity index (χ0n) is 18.9. The van der Waals surface area contributed by atoms with E-state index in [1.807, 2.05) is 12.1 Å². The van der Waals surface area contributed by atoms with Crippen LogP contribution in [0.3, 0.4) is 0 Å². The smallest absolute Gasteiger partial charge is 0.453 e. The Bertz CT molecular complexity index is 758. The maximum absolute atomic E-state index is 13.7. The molecule has 0 N–H and O–H groups in total. The molecule has 2 saturated carbocycles. The predicted molar refractivity (Wildman–Crippen MR) is 115 cm³/mol. The summed E-state index contributed by atoms with van der Waals surface area (Å²) in [5.74, 6) is -3.10. The van der Waals surface area contributed by atoms with E-state index in [2.05, 4.69) is 6.92 Å². The van der Waals surface area contributed by atoms with Crippen LogP contribution in [0.4, 0.5) is 22.0 Å². The highest BCUT2D eigenvalue weighted by atomic mass is 19.4. The monoisotopic (exact) mass is 458 g/mol. The third-order valence-electron chi connectivity index (χ3n) is 8.39. The minimum absolute atomic E-state index is 0.310. The molecule has 1 aromatic rings. The molecule has 3 aliphatic rings. The molecular formula is C26H35F5O. The summed E-state index contributed by atoms with van der Waals surface area (Å²) in [7, 11) is 0. The molecule has 1 atom stereocenters. The maximum atomic E-state index is 13.7. The molecule has 2 fully saturated rings. The van der Waals surface area contributed by atoms with Crippen LogP contribution < -0.4 is 4.74 Å². The Kier molecular flexibility index (Phi) is 7.07. The van der Waals surface area contributed by atoms with E-state index in [0.29, 0.717) is 17.2 Å². The van der Waals surface area contributed by atoms with Crippen LogP contribution in [-0.4, -0.2) is 18.7 Å². The fourth-order valence-corrected chi connectivity index (χ4v) is 6.39. The Hall–Kier alpha value is -1.33. The third-order valence-corrected chi connectivity index (χ3v) is 8.39. The Labute approximate surface area is 188 Å². The highest BCUT2D eigenvalue weighted by molar-refractivity contribution is 5.41. The third kappa shape index (κ3) is 4.94. The van der Waals surface area contributed by atoms with Crippen molar-refractivity contribution in [3.05, 3.63) is 29.3 Å². The van der Waals surface area contributed by atoms with Crippen LogP contribution in [0.15, 0.2) is 18.2 Å². The van der Waals surface area contributed by atoms with Gasteiger partial charge < -0.3 is 4.74 Å². The summed E-state index contributed by atoms with van der Waals surface area (Å²) < 4.78 is 71.0. The van der Waals surface area contributed by atoms with Crippen molar-refractivity contribution >= 4 is 0 Å². The summed E-state index contributed by atoms with van der Waals surface area (Å²) in [5.41, 5.74) is 1.58. The average Bonchev–Trinajstić information content (AvgIpc) is 2.78. The molecule has 2 aliphatic carbocycles. The molecule has 0 aromatic heterocycles. The quantitative estimate of drug-likeness (QED) is 0.403. The van der Waals surface area contributed by atoms with Gasteiger partial charge in [-0.2, -0.15) is 22.0 Å². The lowest BCUT2D eigenvalue weighted by Gasteiger charge is -2.38. The average molecular weight is 459 g/mol. The summed E-state index contributed by atoms with van der Waals surface area (Å²) in [6.45, 7) is 1.67. The molecule has 0 amide bonds. The van der Waals surface area contributed by atoms with Gasteiger partial charge in [-0.1, -0.05) is 44.7 Å². The van der Waals surface area contributed by atoms with Crippen molar-refractivity contribution in [1.29, 1.82) is 0 Å². The van der Waals surface area contributed by atoms with E-state index in [1.165, 1.54) is 51.4 Å². The highest BCUT2D eigenvalue weighted by Crippen LogP contribution is 2.47. The van der Waals surface area contributed by atoms with Crippen molar-refractivity contribution in [2.45, 2.75) is 95.6 Å². The molecule has 32 heavy (non-hydrogen) atoms. The van der Waals surface area contributed by atoms with Crippen LogP contribution in [-0.2, 0) is 6.42 Å². The first kappa shape index (κ1) is 23.8. The number of hydrogen-bond acceptors (Lipinski definition) is 1. The molecule has 0 saturated heterocycles. The molecular weight excluding hydrogens is 423 g/mol. The van der Waals surface area contributed by atoms with Gasteiger partial charge in [-0.3, -0.25) is 0 Å². The number of hydrogen-bond donors (Lipinski definition) is 0. The number of halogens is 5. The van der Waals surface area contributed by atoms with Crippen LogP contribution >= 0.6 is 0 Å². The maximum Gasteiger partial charge on any atom is 0.453 e. The zero-order valence-corrected chi connectivity index (χ0v) is 18.9. The summed E-state index contributed by atoms with van der Waals surface area (Å²) in [4.78, 5) is 0. The summed E-state index contributed by atoms with van der Waals surface area (Å²) in [5, 5.41) is 0. The van der Waals surface area contributed by atoms with Gasteiger partial charge in [0, 0.05) is 0 Å². The largest absolute Gasteiger partial charge is 0.493 e. The lowest BCUT2D eigenvalue weighted by Crippen LogP contribution is -2.47. The normalized spacial score (nSPS) is 31.6. The summed E-state index contributed by atoms with van der Waals surface area (Å²) >= 11 is 0. The fourth-order valence-electron chi connectivity index (χ4n) is 6.39. The Morgan fingerprint density at radius 3 is 2.09 bits per heavy atom. The molecule has 0 spiro atoms. The first-order valence-corrected chi connectivity index (χ1v) is 12.4. The molecule has 4 rings (SSSR count). The number of rotatable bonds is 5. The van der Waals surface area contributed by atoms with E-state index in [9.17, 15) is 22.0 Å². The number of alkyl halides is 5. The fraction of sp³-hybridized carbons (Fsp3) is 0.769. The molecule has 0 bridgehead atoms. The van der Waals surface area contributed by atoms with Crippen LogP contribution in [0.25, 0.3) is 0 Å². The van der Waals surface area contributed by atoms with Crippen molar-refractivity contribution in [2.75, 3.05) is 6.61 Å². The molecule has 1 aliphatic heterocycles. The molecule has 0 radical (unpaired) electrons. The minimum Gasteiger partial charge on any atom is -0.493 e. The van der Waals surface area contributed by atoms with E-state index in [0.717, 1.165) is 36.2 Å². The molecule has 1 aromatic carbocycles. The summed E-state index contributed by atoms with van der Waals surface area (Å²) in [6.07, 6.45) is 7.00. The second-order valence-corrected chi connectivity index (χ2v) is 10.4. The molecule has 6 heteroatoms. The Morgan fingerprint density at radius 1 is 0.875 bits per heavy atom. The van der Waals surface area contributed by atoms with Gasteiger partial charge in [0.15, 0.2) is 0 Å². The molecule has 1 heterocycles. The standard InChI is InChI=1S/C26H35F5O/c1-2-3-17-4-6-18(7-5-17)19-8-10-20(11-9-19)21-12-13-22-14-23(16-32-24(22)15-21)25(27,28)26(29,30)31/h12-13,15,17-20,23H,2-11,14,16H2,1H3/t17-,18-,19?,20?,23?. The second kappa shape index (κ2) is 9.50. The highest BCUT2D eigenvalue weighted by Gasteiger charge is 2.62. The van der Waals surface area contributed by atoms with Gasteiger partial charge in [-0.25, -0.2) is 0 Å². The van der Waals surface area contributed by atoms with E-state index in [4.69, 9.17) is 4.74 Å². The van der Waals surface area contributed by atoms with Gasteiger partial charge in [-0.15, -0.1) is 0 Å². The van der Waals surface area contributed by atoms with E-state index < -0.39 is 24.6 Å². The van der Waals surface area contributed by atoms with Gasteiger partial charge in [0.1, 0.15) is 5.75 Å². The van der Waals surface area contributed by atoms with Gasteiger partial charge in [0.05, 0.1) is 12.5 Å². The molecule has 1 nitrogen and oxygen atoms in total. The number of ether oxygens (including phenoxy) is 1. The van der Waals surface area contributed by atoms with Gasteiger partial charge in [0.2, 0.25) is 0 Å². The second-order valence-electron chi connectivity index (χ2n) is 10.4. The van der Waals surface area contributed by atoms with E-state index in [-0.39, 0.29) is 6.42 Å². The van der Waals surface area contributed by atoms with E-state index >= 15 is 0 Å². The van der Waals surface area contributed by atoms with Crippen LogP contribution in [0.2, 0.25) is 0 Å². The van der Waals surface area contributed by atoms with Crippen LogP contribution in [0.1, 0.15) is 88.2 Å². The Morgan fingerprint density at radius 2 is 1.50 bits per heavy atom. The first-order valence-electron chi connectivity index (χ1n) is 12.4. The SMILES string of the molecule is CCC[C@H]1CC[C@H](C2CCC(c3ccc4c(c3)OCC(C(F)(F)C(F)(F)F)C4)CC2)CC1. The van der Waals surface area contributed by atoms with E-state index in [1.54, 1.807) is 6.07 Å². The minimum atomic E-state index is -5.55. The summed E-state index contributed by atoms with van der Waals surface area (Å²) in [6, 6.07) is 5.50. The number of fused-ring (bicyclic) bond motifs is 1. The van der Waals surface area contributed by atoms with Gasteiger partial charge >= 0.3 is 12.1 Å². The topological polar surface area (TPSA) is 9.23 Å². The first-order chi connectivity index (χ1) is 15.2. The lowest BCUT2D eigenvalue weighted by molar-refractivity contribution is -0.305. The van der Waals surface area contributed by atoms with Crippen LogP contribution in [0, 0.1) is 23.7 Å². The van der Waals surface area contributed by atoms with Crippen molar-refractivity contribution in [3.8, 4) is 5.75 Å². The van der Waals surface area contributed by atoms with Crippen molar-refractivity contribution < 1.29 is 26.7 Å². The Balaban J connectivity index is 1.32.